The average Bonchev–Trinajstić information content (AvgIpc) is 3.71. The molecule has 0 radical (unpaired) electrons. The van der Waals surface area contributed by atoms with Crippen LogP contribution in [0.25, 0.3) is 16.8 Å². The number of carbonyl (C=O) groups is 2. The van der Waals surface area contributed by atoms with Gasteiger partial charge < -0.3 is 20.5 Å². The highest BCUT2D eigenvalue weighted by atomic mass is 19.1. The number of ether oxygens (including phenoxy) is 2. The number of esters is 1. The molecular weight excluding hydrogens is 539 g/mol. The summed E-state index contributed by atoms with van der Waals surface area (Å²) < 4.78 is 29.5. The number of rotatable bonds is 7. The summed E-state index contributed by atoms with van der Waals surface area (Å²) in [6.45, 7) is 5.84. The molecule has 1 amide bonds. The van der Waals surface area contributed by atoms with Gasteiger partial charge in [0, 0.05) is 24.2 Å². The Morgan fingerprint density at radius 2 is 2.02 bits per heavy atom. The van der Waals surface area contributed by atoms with Gasteiger partial charge in [-0.05, 0) is 82.2 Å². The van der Waals surface area contributed by atoms with Crippen LogP contribution in [0.5, 0.6) is 5.75 Å². The third-order valence-corrected chi connectivity index (χ3v) is 9.30. The number of nitrogens with one attached hydrogen (secondary N) is 1. The van der Waals surface area contributed by atoms with Crippen molar-refractivity contribution < 1.29 is 23.5 Å². The third kappa shape index (κ3) is 3.79. The molecule has 216 valence electrons. The molecule has 1 aliphatic heterocycles. The zero-order valence-electron chi connectivity index (χ0n) is 23.6. The van der Waals surface area contributed by atoms with Gasteiger partial charge in [0.2, 0.25) is 0 Å². The highest BCUT2D eigenvalue weighted by Crippen LogP contribution is 2.63. The first-order chi connectivity index (χ1) is 20.1. The van der Waals surface area contributed by atoms with E-state index in [1.807, 2.05) is 26.0 Å². The van der Waals surface area contributed by atoms with Crippen molar-refractivity contribution in [2.75, 3.05) is 17.7 Å². The number of imidazole rings is 1. The van der Waals surface area contributed by atoms with Crippen LogP contribution in [0.1, 0.15) is 80.0 Å². The molecule has 3 fully saturated rings. The third-order valence-electron chi connectivity index (χ3n) is 9.30. The number of halogens is 1. The molecule has 7 rings (SSSR count). The average molecular weight is 571 g/mol. The van der Waals surface area contributed by atoms with Crippen molar-refractivity contribution in [1.29, 1.82) is 0 Å². The molecule has 0 bridgehead atoms. The summed E-state index contributed by atoms with van der Waals surface area (Å²) >= 11 is 0. The number of amides is 1. The number of carbonyl (C=O) groups excluding carboxylic acids is 2. The molecule has 4 aromatic rings. The van der Waals surface area contributed by atoms with Gasteiger partial charge >= 0.3 is 5.97 Å². The van der Waals surface area contributed by atoms with Crippen molar-refractivity contribution >= 4 is 29.0 Å². The topological polar surface area (TPSA) is 134 Å². The van der Waals surface area contributed by atoms with Crippen LogP contribution in [0.3, 0.4) is 0 Å². The number of anilines is 2. The van der Waals surface area contributed by atoms with Crippen LogP contribution in [0.2, 0.25) is 0 Å². The maximum atomic E-state index is 16.1. The maximum Gasteiger partial charge on any atom is 0.316 e. The Morgan fingerprint density at radius 3 is 2.74 bits per heavy atom. The summed E-state index contributed by atoms with van der Waals surface area (Å²) in [5.41, 5.74) is 6.90. The minimum Gasteiger partial charge on any atom is -0.493 e. The standard InChI is InChI=1S/C31H31FN6O4/c1-4-41-21-14-18(28(39)36-22-15-17(8-10-34-22)16-5-6-16)13-20(32)23(21)24-25-26(33)35-11-12-38(25)27(37-24)19-7-9-30(2)29(40)42-31(19,30)3/h8,10-16,19H,4-7,9H2,1-3H3,(H2,33,35)(H,34,36,39)/t19-,30+,31?/m0/s1. The Balaban J connectivity index is 1.31. The lowest BCUT2D eigenvalue weighted by atomic mass is 9.69. The van der Waals surface area contributed by atoms with Gasteiger partial charge in [0.1, 0.15) is 51.3 Å². The van der Waals surface area contributed by atoms with Gasteiger partial charge in [-0.15, -0.1) is 0 Å². The van der Waals surface area contributed by atoms with Crippen molar-refractivity contribution in [3.63, 3.8) is 0 Å². The number of aromatic nitrogens is 4. The van der Waals surface area contributed by atoms with E-state index < -0.39 is 22.7 Å². The van der Waals surface area contributed by atoms with E-state index in [9.17, 15) is 9.59 Å². The molecule has 2 aliphatic carbocycles. The van der Waals surface area contributed by atoms with Crippen LogP contribution < -0.4 is 15.8 Å². The predicted octanol–water partition coefficient (Wildman–Crippen LogP) is 5.24. The molecule has 1 aromatic carbocycles. The fraction of sp³-hybridized carbons (Fsp3) is 0.387. The van der Waals surface area contributed by atoms with Crippen LogP contribution in [0.15, 0.2) is 42.9 Å². The van der Waals surface area contributed by atoms with Crippen LogP contribution in [-0.4, -0.2) is 43.4 Å². The number of nitrogens with two attached hydrogens (primary N) is 1. The van der Waals surface area contributed by atoms with Gasteiger partial charge in [0.25, 0.3) is 5.91 Å². The summed E-state index contributed by atoms with van der Waals surface area (Å²) in [6, 6.07) is 6.46. The van der Waals surface area contributed by atoms with E-state index in [1.165, 1.54) is 6.07 Å². The van der Waals surface area contributed by atoms with Gasteiger partial charge in [-0.25, -0.2) is 19.3 Å². The number of pyridine rings is 1. The fourth-order valence-electron chi connectivity index (χ4n) is 6.56. The molecule has 4 heterocycles. The van der Waals surface area contributed by atoms with Crippen molar-refractivity contribution in [3.8, 4) is 17.0 Å². The summed E-state index contributed by atoms with van der Waals surface area (Å²) in [5, 5.41) is 2.78. The SMILES string of the molecule is CCOc1cc(C(=O)Nc2cc(C3CC3)ccn2)cc(F)c1-c1nc([C@@H]2CC[C@]3(C)C(=O)OC23C)n2ccnc(N)c12. The highest BCUT2D eigenvalue weighted by Gasteiger charge is 2.71. The second-order valence-corrected chi connectivity index (χ2v) is 11.7. The number of fused-ring (bicyclic) bond motifs is 2. The Kier molecular flexibility index (Phi) is 5.80. The highest BCUT2D eigenvalue weighted by molar-refractivity contribution is 6.05. The lowest BCUT2D eigenvalue weighted by Gasteiger charge is -2.51. The zero-order chi connectivity index (χ0) is 29.4. The van der Waals surface area contributed by atoms with Crippen LogP contribution in [-0.2, 0) is 9.53 Å². The van der Waals surface area contributed by atoms with Crippen molar-refractivity contribution in [2.45, 2.75) is 63.9 Å². The fourth-order valence-corrected chi connectivity index (χ4v) is 6.56. The molecule has 0 spiro atoms. The smallest absolute Gasteiger partial charge is 0.316 e. The molecule has 42 heavy (non-hydrogen) atoms. The van der Waals surface area contributed by atoms with Crippen LogP contribution >= 0.6 is 0 Å². The number of hydrogen-bond acceptors (Lipinski definition) is 8. The predicted molar refractivity (Wildman–Crippen MR) is 153 cm³/mol. The Hall–Kier alpha value is -4.54. The minimum absolute atomic E-state index is 0.0715. The maximum absolute atomic E-state index is 16.1. The minimum atomic E-state index is -0.755. The molecule has 3 N–H and O–H groups in total. The summed E-state index contributed by atoms with van der Waals surface area (Å²) in [4.78, 5) is 39.0. The number of nitrogens with zero attached hydrogens (tertiary/aromatic N) is 4. The van der Waals surface area contributed by atoms with Crippen molar-refractivity contribution in [1.82, 2.24) is 19.4 Å². The van der Waals surface area contributed by atoms with Crippen molar-refractivity contribution in [3.05, 3.63) is 65.6 Å². The molecule has 2 saturated carbocycles. The lowest BCUT2D eigenvalue weighted by molar-refractivity contribution is -0.229. The second-order valence-electron chi connectivity index (χ2n) is 11.7. The molecular formula is C31H31FN6O4. The summed E-state index contributed by atoms with van der Waals surface area (Å²) in [5.74, 6) is 0.138. The summed E-state index contributed by atoms with van der Waals surface area (Å²) in [6.07, 6.45) is 8.50. The molecule has 3 aliphatic rings. The van der Waals surface area contributed by atoms with E-state index in [1.54, 1.807) is 29.9 Å². The zero-order valence-corrected chi connectivity index (χ0v) is 23.6. The normalized spacial score (nSPS) is 24.7. The van der Waals surface area contributed by atoms with E-state index in [0.717, 1.165) is 24.5 Å². The van der Waals surface area contributed by atoms with Gasteiger partial charge in [-0.2, -0.15) is 0 Å². The van der Waals surface area contributed by atoms with Crippen LogP contribution in [0.4, 0.5) is 16.0 Å². The number of hydrogen-bond donors (Lipinski definition) is 2. The van der Waals surface area contributed by atoms with E-state index in [-0.39, 0.29) is 46.9 Å². The first-order valence-corrected chi connectivity index (χ1v) is 14.2. The molecule has 1 unspecified atom stereocenters. The Morgan fingerprint density at radius 1 is 1.21 bits per heavy atom. The van der Waals surface area contributed by atoms with E-state index in [4.69, 9.17) is 20.2 Å². The molecule has 10 nitrogen and oxygen atoms in total. The monoisotopic (exact) mass is 570 g/mol. The van der Waals surface area contributed by atoms with E-state index >= 15 is 4.39 Å². The quantitative estimate of drug-likeness (QED) is 0.288. The summed E-state index contributed by atoms with van der Waals surface area (Å²) in [7, 11) is 0. The second kappa shape index (κ2) is 9.23. The largest absolute Gasteiger partial charge is 0.493 e. The lowest BCUT2D eigenvalue weighted by Crippen LogP contribution is -2.62. The first kappa shape index (κ1) is 26.4. The molecule has 3 atom stereocenters. The molecule has 3 aromatic heterocycles. The Bertz CT molecular complexity index is 1780. The van der Waals surface area contributed by atoms with E-state index in [2.05, 4.69) is 15.3 Å². The van der Waals surface area contributed by atoms with Gasteiger partial charge in [0.15, 0.2) is 0 Å². The first-order valence-electron chi connectivity index (χ1n) is 14.2. The van der Waals surface area contributed by atoms with E-state index in [0.29, 0.717) is 35.9 Å². The molecule has 1 saturated heterocycles. The van der Waals surface area contributed by atoms with Crippen LogP contribution in [0, 0.1) is 11.2 Å². The molecule has 11 heteroatoms. The number of benzene rings is 1. The van der Waals surface area contributed by atoms with Crippen molar-refractivity contribution in [2.24, 2.45) is 5.41 Å². The van der Waals surface area contributed by atoms with Gasteiger partial charge in [0.05, 0.1) is 18.1 Å². The number of nitrogen functional groups attached to an aromatic ring is 1. The van der Waals surface area contributed by atoms with Gasteiger partial charge in [-0.1, -0.05) is 0 Å². The van der Waals surface area contributed by atoms with Gasteiger partial charge in [-0.3, -0.25) is 14.0 Å². The Labute approximate surface area is 241 Å².